The van der Waals surface area contributed by atoms with Crippen molar-refractivity contribution in [2.75, 3.05) is 0 Å². The second-order valence-corrected chi connectivity index (χ2v) is 3.79. The highest BCUT2D eigenvalue weighted by Crippen LogP contribution is 2.17. The largest absolute Gasteiger partial charge is 0.325 e. The summed E-state index contributed by atoms with van der Waals surface area (Å²) in [5.41, 5.74) is 1.00. The van der Waals surface area contributed by atoms with Gasteiger partial charge in [-0.25, -0.2) is 4.68 Å². The van der Waals surface area contributed by atoms with Crippen LogP contribution >= 0.6 is 11.3 Å². The van der Waals surface area contributed by atoms with Crippen molar-refractivity contribution >= 4 is 11.3 Å². The van der Waals surface area contributed by atoms with Crippen molar-refractivity contribution in [1.29, 1.82) is 0 Å². The van der Waals surface area contributed by atoms with Crippen LogP contribution in [0.4, 0.5) is 0 Å². The number of hydrogen-bond donors (Lipinski definition) is 0. The maximum absolute atomic E-state index is 11.4. The quantitative estimate of drug-likeness (QED) is 0.753. The summed E-state index contributed by atoms with van der Waals surface area (Å²) >= 11 is 1.19. The van der Waals surface area contributed by atoms with Gasteiger partial charge in [-0.15, -0.1) is 0 Å². The van der Waals surface area contributed by atoms with Crippen molar-refractivity contribution in [2.24, 2.45) is 0 Å². The molecule has 0 radical (unpaired) electrons. The van der Waals surface area contributed by atoms with Crippen LogP contribution in [0, 0.1) is 0 Å². The minimum absolute atomic E-state index is 0.00588. The summed E-state index contributed by atoms with van der Waals surface area (Å²) in [4.78, 5) is 11.4. The Morgan fingerprint density at radius 2 is 2.07 bits per heavy atom. The van der Waals surface area contributed by atoms with E-state index in [1.165, 1.54) is 16.0 Å². The lowest BCUT2D eigenvalue weighted by atomic mass is 10.2. The maximum Gasteiger partial charge on any atom is 0.325 e. The predicted molar refractivity (Wildman–Crippen MR) is 57.5 cm³/mol. The van der Waals surface area contributed by atoms with Gasteiger partial charge in [-0.05, 0) is 6.92 Å². The van der Waals surface area contributed by atoms with Gasteiger partial charge in [-0.2, -0.15) is 5.10 Å². The van der Waals surface area contributed by atoms with Crippen LogP contribution in [-0.2, 0) is 6.54 Å². The van der Waals surface area contributed by atoms with Gasteiger partial charge in [0.25, 0.3) is 0 Å². The molecule has 0 atom stereocenters. The van der Waals surface area contributed by atoms with Crippen LogP contribution in [0.3, 0.4) is 0 Å². The molecule has 1 aromatic heterocycles. The van der Waals surface area contributed by atoms with E-state index < -0.39 is 0 Å². The van der Waals surface area contributed by atoms with E-state index in [1.54, 1.807) is 0 Å². The molecule has 0 amide bonds. The number of benzene rings is 1. The van der Waals surface area contributed by atoms with Gasteiger partial charge in [-0.3, -0.25) is 4.79 Å². The Labute approximate surface area is 85.6 Å². The molecule has 2 rings (SSSR count). The Balaban J connectivity index is 2.48. The number of hydrogen-bond acceptors (Lipinski definition) is 3. The lowest BCUT2D eigenvalue weighted by molar-refractivity contribution is 0.643. The van der Waals surface area contributed by atoms with E-state index in [0.717, 1.165) is 10.6 Å². The highest BCUT2D eigenvalue weighted by Gasteiger charge is 2.05. The molecule has 3 nitrogen and oxygen atoms in total. The first-order valence-electron chi connectivity index (χ1n) is 4.44. The number of aryl methyl sites for hydroxylation is 1. The molecule has 0 saturated heterocycles. The highest BCUT2D eigenvalue weighted by molar-refractivity contribution is 7.12. The molecule has 0 unspecified atom stereocenters. The standard InChI is InChI=1S/C10H10N2OS/c1-2-12-10(13)14-9(11-12)8-6-4-3-5-7-8/h3-7H,2H2,1H3. The Morgan fingerprint density at radius 3 is 2.64 bits per heavy atom. The Hall–Kier alpha value is -1.42. The second kappa shape index (κ2) is 3.75. The molecular formula is C10H10N2OS. The topological polar surface area (TPSA) is 34.9 Å². The van der Waals surface area contributed by atoms with Crippen molar-refractivity contribution in [2.45, 2.75) is 13.5 Å². The monoisotopic (exact) mass is 206 g/mol. The molecule has 0 aliphatic rings. The molecule has 2 aromatic rings. The van der Waals surface area contributed by atoms with Gasteiger partial charge < -0.3 is 0 Å². The fourth-order valence-electron chi connectivity index (χ4n) is 1.20. The molecule has 0 aliphatic carbocycles. The van der Waals surface area contributed by atoms with Crippen LogP contribution in [0.5, 0.6) is 0 Å². The molecule has 4 heteroatoms. The van der Waals surface area contributed by atoms with Crippen LogP contribution in [-0.4, -0.2) is 9.78 Å². The van der Waals surface area contributed by atoms with Crippen LogP contribution < -0.4 is 4.87 Å². The van der Waals surface area contributed by atoms with Gasteiger partial charge >= 0.3 is 4.87 Å². The molecule has 1 heterocycles. The summed E-state index contributed by atoms with van der Waals surface area (Å²) in [6, 6.07) is 9.74. The second-order valence-electron chi connectivity index (χ2n) is 2.85. The molecule has 14 heavy (non-hydrogen) atoms. The summed E-state index contributed by atoms with van der Waals surface area (Å²) in [7, 11) is 0. The summed E-state index contributed by atoms with van der Waals surface area (Å²) < 4.78 is 1.48. The molecule has 72 valence electrons. The van der Waals surface area contributed by atoms with Crippen LogP contribution in [0.2, 0.25) is 0 Å². The fourth-order valence-corrected chi connectivity index (χ4v) is 2.04. The summed E-state index contributed by atoms with van der Waals surface area (Å²) in [6.07, 6.45) is 0. The number of aromatic nitrogens is 2. The zero-order valence-electron chi connectivity index (χ0n) is 7.80. The lowest BCUT2D eigenvalue weighted by Gasteiger charge is -1.93. The Bertz CT molecular complexity index is 472. The third-order valence-electron chi connectivity index (χ3n) is 1.93. The zero-order chi connectivity index (χ0) is 9.97. The summed E-state index contributed by atoms with van der Waals surface area (Å²) in [5.74, 6) is 0. The minimum atomic E-state index is 0.00588. The first kappa shape index (κ1) is 9.15. The average molecular weight is 206 g/mol. The highest BCUT2D eigenvalue weighted by atomic mass is 32.1. The molecule has 0 bridgehead atoms. The first-order valence-corrected chi connectivity index (χ1v) is 5.26. The van der Waals surface area contributed by atoms with Gasteiger partial charge in [-0.1, -0.05) is 41.7 Å². The van der Waals surface area contributed by atoms with Crippen LogP contribution in [0.15, 0.2) is 35.1 Å². The minimum Gasteiger partial charge on any atom is -0.255 e. The molecule has 0 aliphatic heterocycles. The van der Waals surface area contributed by atoms with E-state index in [4.69, 9.17) is 0 Å². The van der Waals surface area contributed by atoms with Crippen molar-refractivity contribution in [3.63, 3.8) is 0 Å². The zero-order valence-corrected chi connectivity index (χ0v) is 8.62. The molecule has 0 spiro atoms. The van der Waals surface area contributed by atoms with Crippen molar-refractivity contribution in [3.05, 3.63) is 40.0 Å². The van der Waals surface area contributed by atoms with Crippen LogP contribution in [0.25, 0.3) is 10.6 Å². The summed E-state index contributed by atoms with van der Waals surface area (Å²) in [5, 5.41) is 5.01. The number of rotatable bonds is 2. The van der Waals surface area contributed by atoms with Crippen LogP contribution in [0.1, 0.15) is 6.92 Å². The third kappa shape index (κ3) is 1.61. The van der Waals surface area contributed by atoms with Gasteiger partial charge in [0.1, 0.15) is 5.01 Å². The number of nitrogens with zero attached hydrogens (tertiary/aromatic N) is 2. The maximum atomic E-state index is 11.4. The SMILES string of the molecule is CCn1nc(-c2ccccc2)sc1=O. The summed E-state index contributed by atoms with van der Waals surface area (Å²) in [6.45, 7) is 2.54. The fraction of sp³-hybridized carbons (Fsp3) is 0.200. The lowest BCUT2D eigenvalue weighted by Crippen LogP contribution is -2.12. The third-order valence-corrected chi connectivity index (χ3v) is 2.82. The Morgan fingerprint density at radius 1 is 1.36 bits per heavy atom. The predicted octanol–water partition coefficient (Wildman–Crippen LogP) is 1.99. The van der Waals surface area contributed by atoms with E-state index >= 15 is 0 Å². The van der Waals surface area contributed by atoms with Gasteiger partial charge in [0.2, 0.25) is 0 Å². The Kier molecular flexibility index (Phi) is 2.45. The van der Waals surface area contributed by atoms with Crippen molar-refractivity contribution in [1.82, 2.24) is 9.78 Å². The van der Waals surface area contributed by atoms with E-state index in [2.05, 4.69) is 5.10 Å². The average Bonchev–Trinajstić information content (AvgIpc) is 2.61. The molecule has 0 saturated carbocycles. The van der Waals surface area contributed by atoms with Gasteiger partial charge in [0.15, 0.2) is 0 Å². The normalized spacial score (nSPS) is 10.4. The van der Waals surface area contributed by atoms with E-state index in [-0.39, 0.29) is 4.87 Å². The van der Waals surface area contributed by atoms with Crippen molar-refractivity contribution < 1.29 is 0 Å². The van der Waals surface area contributed by atoms with Gasteiger partial charge in [0, 0.05) is 12.1 Å². The molecule has 0 fully saturated rings. The van der Waals surface area contributed by atoms with E-state index in [9.17, 15) is 4.79 Å². The van der Waals surface area contributed by atoms with E-state index in [1.807, 2.05) is 37.3 Å². The molecule has 0 N–H and O–H groups in total. The van der Waals surface area contributed by atoms with Crippen molar-refractivity contribution in [3.8, 4) is 10.6 Å². The smallest absolute Gasteiger partial charge is 0.255 e. The molecular weight excluding hydrogens is 196 g/mol. The van der Waals surface area contributed by atoms with E-state index in [0.29, 0.717) is 6.54 Å². The molecule has 1 aromatic carbocycles. The van der Waals surface area contributed by atoms with Gasteiger partial charge in [0.05, 0.1) is 0 Å². The first-order chi connectivity index (χ1) is 6.81.